The Morgan fingerprint density at radius 1 is 1.44 bits per heavy atom. The molecule has 1 saturated carbocycles. The van der Waals surface area contributed by atoms with Crippen LogP contribution in [0.4, 0.5) is 0 Å². The van der Waals surface area contributed by atoms with Crippen LogP contribution >= 0.6 is 0 Å². The molecule has 0 aromatic rings. The molecule has 1 atom stereocenters. The number of amides is 1. The molecule has 0 aromatic carbocycles. The largest absolute Gasteiger partial charge is 0.325 e. The van der Waals surface area contributed by atoms with Gasteiger partial charge in [-0.3, -0.25) is 10.1 Å². The molecule has 5 nitrogen and oxygen atoms in total. The van der Waals surface area contributed by atoms with Crippen molar-refractivity contribution in [3.8, 4) is 0 Å². The van der Waals surface area contributed by atoms with E-state index in [2.05, 4.69) is 19.2 Å². The van der Waals surface area contributed by atoms with Gasteiger partial charge in [0.05, 0.1) is 17.5 Å². The quantitative estimate of drug-likeness (QED) is 0.786. The summed E-state index contributed by atoms with van der Waals surface area (Å²) in [7, 11) is -2.94. The number of sulfone groups is 1. The van der Waals surface area contributed by atoms with Gasteiger partial charge in [0.15, 0.2) is 0 Å². The molecule has 0 bridgehead atoms. The Bertz CT molecular complexity index is 440. The van der Waals surface area contributed by atoms with Crippen molar-refractivity contribution in [2.24, 2.45) is 5.92 Å². The summed E-state index contributed by atoms with van der Waals surface area (Å²) < 4.78 is 22.2. The van der Waals surface area contributed by atoms with E-state index in [-0.39, 0.29) is 23.4 Å². The fraction of sp³-hybridized carbons (Fsp3) is 0.917. The number of nitrogens with zero attached hydrogens (tertiary/aromatic N) is 1. The molecule has 1 amide bonds. The topological polar surface area (TPSA) is 66.5 Å². The van der Waals surface area contributed by atoms with Crippen molar-refractivity contribution >= 4 is 15.7 Å². The Balaban J connectivity index is 1.98. The number of carbonyl (C=O) groups excluding carboxylic acids is 1. The highest BCUT2D eigenvalue weighted by atomic mass is 32.2. The van der Waals surface area contributed by atoms with Crippen LogP contribution in [0, 0.1) is 5.92 Å². The zero-order valence-corrected chi connectivity index (χ0v) is 12.1. The third kappa shape index (κ3) is 2.69. The summed E-state index contributed by atoms with van der Waals surface area (Å²) in [5, 5.41) is 3.42. The Labute approximate surface area is 109 Å². The second-order valence-corrected chi connectivity index (χ2v) is 8.16. The van der Waals surface area contributed by atoms with Crippen molar-refractivity contribution in [1.29, 1.82) is 0 Å². The molecule has 0 radical (unpaired) electrons. The first-order chi connectivity index (χ1) is 8.25. The number of hydrogen-bond acceptors (Lipinski definition) is 4. The highest BCUT2D eigenvalue weighted by molar-refractivity contribution is 7.90. The number of rotatable bonds is 5. The minimum atomic E-state index is -2.94. The van der Waals surface area contributed by atoms with Crippen molar-refractivity contribution in [2.75, 3.05) is 18.6 Å². The van der Waals surface area contributed by atoms with Gasteiger partial charge in [-0.2, -0.15) is 0 Å². The molecule has 2 rings (SSSR count). The summed E-state index contributed by atoms with van der Waals surface area (Å²) in [5.41, 5.74) is -0.306. The fourth-order valence-corrected chi connectivity index (χ4v) is 3.22. The van der Waals surface area contributed by atoms with E-state index in [9.17, 15) is 13.2 Å². The van der Waals surface area contributed by atoms with Crippen molar-refractivity contribution < 1.29 is 13.2 Å². The van der Waals surface area contributed by atoms with Gasteiger partial charge in [0.1, 0.15) is 9.84 Å². The van der Waals surface area contributed by atoms with Gasteiger partial charge in [0.2, 0.25) is 5.91 Å². The molecule has 1 aliphatic heterocycles. The summed E-state index contributed by atoms with van der Waals surface area (Å²) in [5.74, 6) is 0.649. The van der Waals surface area contributed by atoms with Crippen LogP contribution in [0.15, 0.2) is 0 Å². The van der Waals surface area contributed by atoms with Crippen LogP contribution in [0.5, 0.6) is 0 Å². The van der Waals surface area contributed by atoms with E-state index in [0.29, 0.717) is 18.9 Å². The maximum absolute atomic E-state index is 12.3. The van der Waals surface area contributed by atoms with Crippen LogP contribution < -0.4 is 5.32 Å². The molecule has 2 fully saturated rings. The molecule has 1 unspecified atom stereocenters. The molecule has 1 aliphatic carbocycles. The molecule has 2 aliphatic rings. The SMILES string of the molecule is CC(C)C1NC2(CC2)C(=O)N1CCCS(C)(=O)=O. The first kappa shape index (κ1) is 13.8. The van der Waals surface area contributed by atoms with E-state index in [1.807, 2.05) is 4.90 Å². The normalized spacial score (nSPS) is 26.3. The second kappa shape index (κ2) is 4.49. The van der Waals surface area contributed by atoms with Gasteiger partial charge in [-0.05, 0) is 25.2 Å². The fourth-order valence-electron chi connectivity index (χ4n) is 2.57. The van der Waals surface area contributed by atoms with Crippen LogP contribution in [0.1, 0.15) is 33.1 Å². The van der Waals surface area contributed by atoms with E-state index < -0.39 is 9.84 Å². The molecule has 0 aromatic heterocycles. The van der Waals surface area contributed by atoms with Crippen molar-refractivity contribution in [2.45, 2.75) is 44.8 Å². The van der Waals surface area contributed by atoms with Crippen molar-refractivity contribution in [3.05, 3.63) is 0 Å². The smallest absolute Gasteiger partial charge is 0.244 e. The minimum absolute atomic E-state index is 0.0551. The lowest BCUT2D eigenvalue weighted by molar-refractivity contribution is -0.131. The number of carbonyl (C=O) groups is 1. The standard InChI is InChI=1S/C12H22N2O3S/c1-9(2)10-13-12(5-6-12)11(15)14(10)7-4-8-18(3,16)17/h9-10,13H,4-8H2,1-3H3. The second-order valence-electron chi connectivity index (χ2n) is 5.90. The number of hydrogen-bond donors (Lipinski definition) is 1. The Kier molecular flexibility index (Phi) is 3.44. The van der Waals surface area contributed by atoms with Gasteiger partial charge in [-0.25, -0.2) is 8.42 Å². The Morgan fingerprint density at radius 3 is 2.50 bits per heavy atom. The van der Waals surface area contributed by atoms with Crippen LogP contribution in [0.3, 0.4) is 0 Å². The summed E-state index contributed by atoms with van der Waals surface area (Å²) in [4.78, 5) is 14.1. The van der Waals surface area contributed by atoms with Gasteiger partial charge >= 0.3 is 0 Å². The molecular formula is C12H22N2O3S. The predicted octanol–water partition coefficient (Wildman–Crippen LogP) is 0.368. The first-order valence-electron chi connectivity index (χ1n) is 6.52. The third-order valence-electron chi connectivity index (χ3n) is 3.73. The van der Waals surface area contributed by atoms with Crippen LogP contribution in [-0.4, -0.2) is 49.5 Å². The third-order valence-corrected chi connectivity index (χ3v) is 4.76. The summed E-state index contributed by atoms with van der Waals surface area (Å²) in [6, 6.07) is 0. The Hall–Kier alpha value is -0.620. The zero-order valence-electron chi connectivity index (χ0n) is 11.3. The van der Waals surface area contributed by atoms with E-state index in [0.717, 1.165) is 12.8 Å². The Morgan fingerprint density at radius 2 is 2.06 bits per heavy atom. The summed E-state index contributed by atoms with van der Waals surface area (Å²) in [6.07, 6.45) is 3.64. The van der Waals surface area contributed by atoms with Gasteiger partial charge in [-0.1, -0.05) is 13.8 Å². The molecule has 1 spiro atoms. The molecular weight excluding hydrogens is 252 g/mol. The maximum atomic E-state index is 12.3. The van der Waals surface area contributed by atoms with Gasteiger partial charge in [-0.15, -0.1) is 0 Å². The highest BCUT2D eigenvalue weighted by Gasteiger charge is 2.59. The lowest BCUT2D eigenvalue weighted by atomic mass is 10.1. The zero-order chi connectivity index (χ0) is 13.6. The van der Waals surface area contributed by atoms with Gasteiger partial charge in [0, 0.05) is 12.8 Å². The molecule has 104 valence electrons. The van der Waals surface area contributed by atoms with Crippen molar-refractivity contribution in [1.82, 2.24) is 10.2 Å². The van der Waals surface area contributed by atoms with Crippen molar-refractivity contribution in [3.63, 3.8) is 0 Å². The summed E-state index contributed by atoms with van der Waals surface area (Å²) in [6.45, 7) is 4.69. The van der Waals surface area contributed by atoms with E-state index >= 15 is 0 Å². The molecule has 1 saturated heterocycles. The molecule has 1 N–H and O–H groups in total. The lowest BCUT2D eigenvalue weighted by Gasteiger charge is -2.27. The maximum Gasteiger partial charge on any atom is 0.244 e. The average Bonchev–Trinajstić information content (AvgIpc) is 2.94. The van der Waals surface area contributed by atoms with Crippen LogP contribution in [-0.2, 0) is 14.6 Å². The van der Waals surface area contributed by atoms with Gasteiger partial charge < -0.3 is 4.90 Å². The first-order valence-corrected chi connectivity index (χ1v) is 8.58. The number of nitrogens with one attached hydrogen (secondary N) is 1. The van der Waals surface area contributed by atoms with Crippen LogP contribution in [0.25, 0.3) is 0 Å². The van der Waals surface area contributed by atoms with Gasteiger partial charge in [0.25, 0.3) is 0 Å². The van der Waals surface area contributed by atoms with E-state index in [1.165, 1.54) is 6.26 Å². The van der Waals surface area contributed by atoms with E-state index in [1.54, 1.807) is 0 Å². The predicted molar refractivity (Wildman–Crippen MR) is 69.8 cm³/mol. The molecule has 1 heterocycles. The monoisotopic (exact) mass is 274 g/mol. The minimum Gasteiger partial charge on any atom is -0.325 e. The van der Waals surface area contributed by atoms with E-state index in [4.69, 9.17) is 0 Å². The molecule has 18 heavy (non-hydrogen) atoms. The highest BCUT2D eigenvalue weighted by Crippen LogP contribution is 2.43. The average molecular weight is 274 g/mol. The lowest BCUT2D eigenvalue weighted by Crippen LogP contribution is -2.42. The summed E-state index contributed by atoms with van der Waals surface area (Å²) >= 11 is 0. The van der Waals surface area contributed by atoms with Crippen LogP contribution in [0.2, 0.25) is 0 Å². The molecule has 6 heteroatoms.